The average Bonchev–Trinajstić information content (AvgIpc) is 2.95. The van der Waals surface area contributed by atoms with Crippen LogP contribution in [-0.2, 0) is 26.2 Å². The van der Waals surface area contributed by atoms with Crippen molar-refractivity contribution in [1.29, 1.82) is 0 Å². The normalized spacial score (nSPS) is 12.7. The third kappa shape index (κ3) is 7.17. The molecular weight excluding hydrogens is 514 g/mol. The number of rotatable bonds is 12. The van der Waals surface area contributed by atoms with Crippen LogP contribution in [0.2, 0.25) is 0 Å². The van der Waals surface area contributed by atoms with E-state index in [0.29, 0.717) is 5.75 Å². The topological polar surface area (TPSA) is 96.0 Å². The van der Waals surface area contributed by atoms with Gasteiger partial charge in [-0.2, -0.15) is 0 Å². The van der Waals surface area contributed by atoms with E-state index in [2.05, 4.69) is 5.32 Å². The molecule has 0 aliphatic rings. The third-order valence-corrected chi connectivity index (χ3v) is 8.51. The van der Waals surface area contributed by atoms with Crippen LogP contribution in [-0.4, -0.2) is 50.9 Å². The van der Waals surface area contributed by atoms with Gasteiger partial charge in [-0.05, 0) is 62.6 Å². The smallest absolute Gasteiger partial charge is 0.264 e. The highest BCUT2D eigenvalue weighted by Gasteiger charge is 2.34. The van der Waals surface area contributed by atoms with Crippen LogP contribution in [0.5, 0.6) is 5.75 Å². The Morgan fingerprint density at radius 3 is 2.18 bits per heavy atom. The fourth-order valence-corrected chi connectivity index (χ4v) is 5.53. The van der Waals surface area contributed by atoms with Crippen molar-refractivity contribution in [2.24, 2.45) is 0 Å². The maximum atomic E-state index is 14.0. The molecule has 9 heteroatoms. The number of ether oxygens (including phenoxy) is 1. The van der Waals surface area contributed by atoms with Gasteiger partial charge in [0.25, 0.3) is 10.0 Å². The van der Waals surface area contributed by atoms with Gasteiger partial charge in [-0.3, -0.25) is 13.9 Å². The molecule has 0 saturated heterocycles. The van der Waals surface area contributed by atoms with Crippen LogP contribution >= 0.6 is 0 Å². The van der Waals surface area contributed by atoms with Gasteiger partial charge < -0.3 is 15.0 Å². The highest BCUT2D eigenvalue weighted by molar-refractivity contribution is 7.92. The lowest BCUT2D eigenvalue weighted by Gasteiger charge is -2.33. The molecule has 0 radical (unpaired) electrons. The van der Waals surface area contributed by atoms with E-state index in [9.17, 15) is 18.0 Å². The zero-order valence-corrected chi connectivity index (χ0v) is 23.9. The number of hydrogen-bond donors (Lipinski definition) is 1. The molecular formula is C30H37N3O5S. The minimum atomic E-state index is -4.16. The standard InChI is InChI=1S/C30H37N3O5S/c1-6-23(3)31-30(35)24(4)32(20-25-15-11-10-14-22(25)2)29(34)21-33(27-18-12-13-19-28(27)38-5)39(36,37)26-16-8-7-9-17-26/h7-19,23-24H,6,20-21H2,1-5H3,(H,31,35)/t23-,24-/m0/s1. The van der Waals surface area contributed by atoms with E-state index in [4.69, 9.17) is 4.74 Å². The number of nitrogens with one attached hydrogen (secondary N) is 1. The molecule has 0 unspecified atom stereocenters. The number of sulfonamides is 1. The fraction of sp³-hybridized carbons (Fsp3) is 0.333. The Morgan fingerprint density at radius 1 is 0.923 bits per heavy atom. The molecule has 0 spiro atoms. The summed E-state index contributed by atoms with van der Waals surface area (Å²) in [5, 5.41) is 2.94. The molecule has 3 rings (SSSR count). The zero-order chi connectivity index (χ0) is 28.6. The molecule has 0 fully saturated rings. The minimum absolute atomic E-state index is 0.0386. The fourth-order valence-electron chi connectivity index (χ4n) is 4.09. The lowest BCUT2D eigenvalue weighted by Crippen LogP contribution is -2.52. The SMILES string of the molecule is CC[C@H](C)NC(=O)[C@H](C)N(Cc1ccccc1C)C(=O)CN(c1ccccc1OC)S(=O)(=O)c1ccccc1. The lowest BCUT2D eigenvalue weighted by atomic mass is 10.1. The zero-order valence-electron chi connectivity index (χ0n) is 23.1. The molecule has 0 saturated carbocycles. The summed E-state index contributed by atoms with van der Waals surface area (Å²) in [4.78, 5) is 28.6. The monoisotopic (exact) mass is 551 g/mol. The molecule has 0 aliphatic heterocycles. The number of hydrogen-bond acceptors (Lipinski definition) is 5. The number of methoxy groups -OCH3 is 1. The Balaban J connectivity index is 2.06. The Kier molecular flexibility index (Phi) is 10.1. The van der Waals surface area contributed by atoms with Gasteiger partial charge in [-0.15, -0.1) is 0 Å². The second kappa shape index (κ2) is 13.3. The molecule has 2 atom stereocenters. The van der Waals surface area contributed by atoms with E-state index >= 15 is 0 Å². The van der Waals surface area contributed by atoms with Crippen LogP contribution in [0.25, 0.3) is 0 Å². The van der Waals surface area contributed by atoms with Crippen molar-refractivity contribution >= 4 is 27.5 Å². The van der Waals surface area contributed by atoms with Gasteiger partial charge in [0.05, 0.1) is 17.7 Å². The first-order valence-electron chi connectivity index (χ1n) is 12.9. The number of amides is 2. The summed E-state index contributed by atoms with van der Waals surface area (Å²) < 4.78 is 34.3. The van der Waals surface area contributed by atoms with Gasteiger partial charge in [-0.1, -0.05) is 61.5 Å². The molecule has 8 nitrogen and oxygen atoms in total. The van der Waals surface area contributed by atoms with Crippen LogP contribution in [0.1, 0.15) is 38.3 Å². The summed E-state index contributed by atoms with van der Waals surface area (Å²) >= 11 is 0. The van der Waals surface area contributed by atoms with E-state index < -0.39 is 28.5 Å². The molecule has 39 heavy (non-hydrogen) atoms. The van der Waals surface area contributed by atoms with Gasteiger partial charge in [0.1, 0.15) is 18.3 Å². The summed E-state index contributed by atoms with van der Waals surface area (Å²) in [5.74, 6) is -0.519. The van der Waals surface area contributed by atoms with Crippen molar-refractivity contribution in [2.75, 3.05) is 18.0 Å². The Hall–Kier alpha value is -3.85. The molecule has 208 valence electrons. The van der Waals surface area contributed by atoms with E-state index in [1.165, 1.54) is 24.1 Å². The lowest BCUT2D eigenvalue weighted by molar-refractivity contribution is -0.139. The van der Waals surface area contributed by atoms with Gasteiger partial charge in [-0.25, -0.2) is 8.42 Å². The van der Waals surface area contributed by atoms with Crippen LogP contribution in [0.15, 0.2) is 83.8 Å². The summed E-state index contributed by atoms with van der Waals surface area (Å²) in [7, 11) is -2.72. The van der Waals surface area contributed by atoms with Crippen molar-refractivity contribution in [3.8, 4) is 5.75 Å². The summed E-state index contributed by atoms with van der Waals surface area (Å²) in [5.41, 5.74) is 2.05. The second-order valence-corrected chi connectivity index (χ2v) is 11.3. The largest absolute Gasteiger partial charge is 0.495 e. The Bertz CT molecular complexity index is 1380. The third-order valence-electron chi connectivity index (χ3n) is 6.73. The molecule has 0 bridgehead atoms. The number of para-hydroxylation sites is 2. The predicted molar refractivity (Wildman–Crippen MR) is 153 cm³/mol. The van der Waals surface area contributed by atoms with Crippen LogP contribution in [0, 0.1) is 6.92 Å². The number of aryl methyl sites for hydroxylation is 1. The van der Waals surface area contributed by atoms with Gasteiger partial charge in [0, 0.05) is 12.6 Å². The molecule has 0 heterocycles. The first-order chi connectivity index (χ1) is 18.6. The van der Waals surface area contributed by atoms with Crippen molar-refractivity contribution in [3.05, 3.63) is 90.0 Å². The van der Waals surface area contributed by atoms with E-state index in [-0.39, 0.29) is 29.1 Å². The van der Waals surface area contributed by atoms with Crippen molar-refractivity contribution in [2.45, 2.75) is 57.6 Å². The molecule has 0 aliphatic carbocycles. The van der Waals surface area contributed by atoms with Crippen molar-refractivity contribution < 1.29 is 22.7 Å². The first kappa shape index (κ1) is 29.7. The number of anilines is 1. The van der Waals surface area contributed by atoms with Crippen molar-refractivity contribution in [1.82, 2.24) is 10.2 Å². The van der Waals surface area contributed by atoms with Crippen molar-refractivity contribution in [3.63, 3.8) is 0 Å². The Labute approximate surface area is 231 Å². The maximum Gasteiger partial charge on any atom is 0.264 e. The van der Waals surface area contributed by atoms with E-state index in [0.717, 1.165) is 21.9 Å². The van der Waals surface area contributed by atoms with Gasteiger partial charge in [0.15, 0.2) is 0 Å². The molecule has 3 aromatic rings. The molecule has 0 aromatic heterocycles. The minimum Gasteiger partial charge on any atom is -0.495 e. The first-order valence-corrected chi connectivity index (χ1v) is 14.4. The molecule has 2 amide bonds. The summed E-state index contributed by atoms with van der Waals surface area (Å²) in [6.45, 7) is 7.07. The van der Waals surface area contributed by atoms with Crippen LogP contribution < -0.4 is 14.4 Å². The highest BCUT2D eigenvalue weighted by atomic mass is 32.2. The number of nitrogens with zero attached hydrogens (tertiary/aromatic N) is 2. The summed E-state index contributed by atoms with van der Waals surface area (Å²) in [6, 6.07) is 21.3. The average molecular weight is 552 g/mol. The Morgan fingerprint density at radius 2 is 1.54 bits per heavy atom. The van der Waals surface area contributed by atoms with Gasteiger partial charge >= 0.3 is 0 Å². The van der Waals surface area contributed by atoms with Crippen LogP contribution in [0.3, 0.4) is 0 Å². The number of carbonyl (C=O) groups is 2. The maximum absolute atomic E-state index is 14.0. The quantitative estimate of drug-likeness (QED) is 0.357. The number of benzene rings is 3. The predicted octanol–water partition coefficient (Wildman–Crippen LogP) is 4.53. The van der Waals surface area contributed by atoms with E-state index in [1.54, 1.807) is 49.4 Å². The molecule has 3 aromatic carbocycles. The van der Waals surface area contributed by atoms with E-state index in [1.807, 2.05) is 45.0 Å². The van der Waals surface area contributed by atoms with Crippen LogP contribution in [0.4, 0.5) is 5.69 Å². The summed E-state index contributed by atoms with van der Waals surface area (Å²) in [6.07, 6.45) is 0.737. The second-order valence-electron chi connectivity index (χ2n) is 9.44. The number of carbonyl (C=O) groups excluding carboxylic acids is 2. The van der Waals surface area contributed by atoms with Gasteiger partial charge in [0.2, 0.25) is 11.8 Å². The molecule has 1 N–H and O–H groups in total. The highest BCUT2D eigenvalue weighted by Crippen LogP contribution is 2.32.